The molecule has 2 aromatic carbocycles. The molecule has 2 amide bonds. The predicted octanol–water partition coefficient (Wildman–Crippen LogP) is 3.41. The number of hydrogen-bond donors (Lipinski definition) is 3. The number of hydrogen-bond acceptors (Lipinski definition) is 9. The quantitative estimate of drug-likeness (QED) is 0.303. The molecule has 0 radical (unpaired) electrons. The van der Waals surface area contributed by atoms with Crippen LogP contribution in [-0.2, 0) is 14.9 Å². The molecule has 0 spiro atoms. The summed E-state index contributed by atoms with van der Waals surface area (Å²) in [7, 11) is -4.31. The molecule has 0 saturated carbocycles. The Kier molecular flexibility index (Phi) is 7.65. The zero-order chi connectivity index (χ0) is 24.3. The van der Waals surface area contributed by atoms with Crippen LogP contribution in [0.25, 0.3) is 10.2 Å². The van der Waals surface area contributed by atoms with Crippen LogP contribution >= 0.6 is 34.5 Å². The second-order valence-electron chi connectivity index (χ2n) is 7.33. The first-order valence-electron chi connectivity index (χ1n) is 10.2. The molecular weight excluding hydrogens is 525 g/mol. The molecule has 0 atom stereocenters. The zero-order valence-electron chi connectivity index (χ0n) is 17.7. The SMILES string of the molecule is Nc1cc(Cl)cc(Cl)c1S(=O)(=O)Oc1ccc2nc(NC(=O)NCCN3CCOCC3)sc2c1. The fourth-order valence-electron chi connectivity index (χ4n) is 3.32. The van der Waals surface area contributed by atoms with Crippen LogP contribution in [0.1, 0.15) is 0 Å². The summed E-state index contributed by atoms with van der Waals surface area (Å²) < 4.78 is 36.6. The number of nitrogens with two attached hydrogens (primary N) is 1. The Bertz CT molecular complexity index is 1290. The predicted molar refractivity (Wildman–Crippen MR) is 133 cm³/mol. The van der Waals surface area contributed by atoms with E-state index < -0.39 is 10.1 Å². The van der Waals surface area contributed by atoms with E-state index >= 15 is 0 Å². The largest absolute Gasteiger partial charge is 0.397 e. The summed E-state index contributed by atoms with van der Waals surface area (Å²) in [6, 6.07) is 6.72. The molecule has 1 aliphatic heterocycles. The van der Waals surface area contributed by atoms with E-state index in [-0.39, 0.29) is 32.4 Å². The van der Waals surface area contributed by atoms with E-state index in [1.54, 1.807) is 6.07 Å². The second kappa shape index (κ2) is 10.5. The first kappa shape index (κ1) is 24.8. The summed E-state index contributed by atoms with van der Waals surface area (Å²) in [5.41, 5.74) is 6.24. The van der Waals surface area contributed by atoms with E-state index in [1.165, 1.54) is 35.6 Å². The summed E-state index contributed by atoms with van der Waals surface area (Å²) in [6.07, 6.45) is 0. The van der Waals surface area contributed by atoms with Crippen LogP contribution in [0, 0.1) is 0 Å². The van der Waals surface area contributed by atoms with Crippen molar-refractivity contribution in [3.8, 4) is 5.75 Å². The van der Waals surface area contributed by atoms with Crippen molar-refractivity contribution in [1.82, 2.24) is 15.2 Å². The highest BCUT2D eigenvalue weighted by atomic mass is 35.5. The number of benzene rings is 2. The first-order valence-corrected chi connectivity index (χ1v) is 13.1. The lowest BCUT2D eigenvalue weighted by molar-refractivity contribution is 0.0388. The number of urea groups is 1. The fraction of sp³-hybridized carbons (Fsp3) is 0.300. The molecule has 1 aliphatic rings. The first-order chi connectivity index (χ1) is 16.2. The molecule has 2 heterocycles. The van der Waals surface area contributed by atoms with Gasteiger partial charge in [0.2, 0.25) is 0 Å². The number of rotatable bonds is 7. The topological polar surface area (TPSA) is 136 Å². The minimum atomic E-state index is -4.31. The molecule has 3 aromatic rings. The Morgan fingerprint density at radius 1 is 1.24 bits per heavy atom. The number of thiazole rings is 1. The van der Waals surface area contributed by atoms with Crippen molar-refractivity contribution >= 4 is 71.7 Å². The number of carbonyl (C=O) groups is 1. The zero-order valence-corrected chi connectivity index (χ0v) is 20.9. The lowest BCUT2D eigenvalue weighted by atomic mass is 10.3. The lowest BCUT2D eigenvalue weighted by Gasteiger charge is -2.26. The van der Waals surface area contributed by atoms with E-state index in [2.05, 4.69) is 20.5 Å². The number of nitrogens with one attached hydrogen (secondary N) is 2. The molecule has 34 heavy (non-hydrogen) atoms. The van der Waals surface area contributed by atoms with Gasteiger partial charge in [-0.2, -0.15) is 8.42 Å². The van der Waals surface area contributed by atoms with Gasteiger partial charge in [0.15, 0.2) is 5.13 Å². The highest BCUT2D eigenvalue weighted by Crippen LogP contribution is 2.34. The van der Waals surface area contributed by atoms with Crippen molar-refractivity contribution in [3.05, 3.63) is 40.4 Å². The molecule has 4 N–H and O–H groups in total. The van der Waals surface area contributed by atoms with Crippen molar-refractivity contribution < 1.29 is 22.1 Å². The van der Waals surface area contributed by atoms with Crippen molar-refractivity contribution in [3.63, 3.8) is 0 Å². The normalized spacial score (nSPS) is 14.8. The molecule has 0 bridgehead atoms. The smallest absolute Gasteiger partial charge is 0.342 e. The second-order valence-corrected chi connectivity index (χ2v) is 10.7. The molecule has 1 saturated heterocycles. The Labute approximate surface area is 210 Å². The van der Waals surface area contributed by atoms with Gasteiger partial charge in [-0.15, -0.1) is 0 Å². The third-order valence-corrected chi connectivity index (χ3v) is 7.82. The maximum atomic E-state index is 12.7. The van der Waals surface area contributed by atoms with Crippen LogP contribution < -0.4 is 20.6 Å². The highest BCUT2D eigenvalue weighted by Gasteiger charge is 2.25. The van der Waals surface area contributed by atoms with E-state index in [1.807, 2.05) is 0 Å². The van der Waals surface area contributed by atoms with E-state index in [9.17, 15) is 13.2 Å². The summed E-state index contributed by atoms with van der Waals surface area (Å²) >= 11 is 13.1. The van der Waals surface area contributed by atoms with E-state index in [4.69, 9.17) is 37.9 Å². The summed E-state index contributed by atoms with van der Waals surface area (Å²) in [5.74, 6) is 0.0445. The Hall–Kier alpha value is -2.35. The highest BCUT2D eigenvalue weighted by molar-refractivity contribution is 7.87. The van der Waals surface area contributed by atoms with Crippen LogP contribution in [0.4, 0.5) is 15.6 Å². The number of amides is 2. The van der Waals surface area contributed by atoms with Crippen molar-refractivity contribution in [2.75, 3.05) is 50.4 Å². The summed E-state index contributed by atoms with van der Waals surface area (Å²) in [4.78, 5) is 18.4. The third-order valence-electron chi connectivity index (χ3n) is 4.89. The molecule has 4 rings (SSSR count). The third kappa shape index (κ3) is 6.01. The van der Waals surface area contributed by atoms with Crippen LogP contribution in [0.5, 0.6) is 5.75 Å². The maximum absolute atomic E-state index is 12.7. The molecule has 182 valence electrons. The molecule has 1 aromatic heterocycles. The molecule has 1 fully saturated rings. The van der Waals surface area contributed by atoms with Crippen LogP contribution in [-0.4, -0.2) is 63.7 Å². The number of ether oxygens (including phenoxy) is 1. The molecule has 14 heteroatoms. The van der Waals surface area contributed by atoms with E-state index in [0.717, 1.165) is 19.6 Å². The van der Waals surface area contributed by atoms with Crippen molar-refractivity contribution in [2.24, 2.45) is 0 Å². The Morgan fingerprint density at radius 2 is 2.00 bits per heavy atom. The molecular formula is C20H21Cl2N5O5S2. The van der Waals surface area contributed by atoms with Gasteiger partial charge in [0.25, 0.3) is 0 Å². The van der Waals surface area contributed by atoms with Crippen LogP contribution in [0.3, 0.4) is 0 Å². The number of carbonyl (C=O) groups excluding carboxylic acids is 1. The molecule has 0 aliphatic carbocycles. The van der Waals surface area contributed by atoms with Gasteiger partial charge in [0, 0.05) is 37.3 Å². The van der Waals surface area contributed by atoms with Gasteiger partial charge < -0.3 is 20.0 Å². The van der Waals surface area contributed by atoms with Gasteiger partial charge >= 0.3 is 16.1 Å². The minimum Gasteiger partial charge on any atom is -0.397 e. The van der Waals surface area contributed by atoms with Gasteiger partial charge in [0.05, 0.1) is 34.1 Å². The fourth-order valence-corrected chi connectivity index (χ4v) is 6.08. The number of nitrogens with zero attached hydrogens (tertiary/aromatic N) is 2. The van der Waals surface area contributed by atoms with Crippen LogP contribution in [0.2, 0.25) is 10.0 Å². The lowest BCUT2D eigenvalue weighted by Crippen LogP contribution is -2.42. The van der Waals surface area contributed by atoms with Gasteiger partial charge in [-0.1, -0.05) is 34.5 Å². The summed E-state index contributed by atoms with van der Waals surface area (Å²) in [6.45, 7) is 4.31. The average Bonchev–Trinajstić information content (AvgIpc) is 3.14. The van der Waals surface area contributed by atoms with E-state index in [0.29, 0.717) is 35.1 Å². The van der Waals surface area contributed by atoms with Gasteiger partial charge in [0.1, 0.15) is 10.6 Å². The van der Waals surface area contributed by atoms with Gasteiger partial charge in [-0.3, -0.25) is 10.2 Å². The molecule has 0 unspecified atom stereocenters. The Morgan fingerprint density at radius 3 is 2.74 bits per heavy atom. The number of halogens is 2. The standard InChI is InChI=1S/C20H21Cl2N5O5S2/c21-12-9-14(22)18(15(23)10-12)34(29,30)32-13-1-2-16-17(11-13)33-20(25-16)26-19(28)24-3-4-27-5-7-31-8-6-27/h1-2,9-11H,3-8,23H2,(H2,24,25,26,28). The number of anilines is 2. The maximum Gasteiger partial charge on any atom is 0.342 e. The number of fused-ring (bicyclic) bond motifs is 1. The minimum absolute atomic E-state index is 0.0445. The average molecular weight is 546 g/mol. The number of aromatic nitrogens is 1. The number of morpholine rings is 1. The van der Waals surface area contributed by atoms with Crippen molar-refractivity contribution in [2.45, 2.75) is 4.90 Å². The summed E-state index contributed by atoms with van der Waals surface area (Å²) in [5, 5.41) is 5.91. The van der Waals surface area contributed by atoms with Gasteiger partial charge in [-0.25, -0.2) is 9.78 Å². The molecule has 10 nitrogen and oxygen atoms in total. The monoisotopic (exact) mass is 545 g/mol. The Balaban J connectivity index is 1.40. The van der Waals surface area contributed by atoms with Gasteiger partial charge in [-0.05, 0) is 24.3 Å². The number of nitrogen functional groups attached to an aromatic ring is 1. The van der Waals surface area contributed by atoms with Crippen LogP contribution in [0.15, 0.2) is 35.2 Å². The van der Waals surface area contributed by atoms with Crippen molar-refractivity contribution in [1.29, 1.82) is 0 Å².